The fraction of sp³-hybridized carbons (Fsp3) is 0.471. The van der Waals surface area contributed by atoms with Crippen LogP contribution in [0, 0.1) is 0 Å². The molecule has 4 nitrogen and oxygen atoms in total. The number of benzene rings is 1. The molecule has 0 spiro atoms. The molecular formula is C17H22F3N3O. The maximum atomic E-state index is 12.1. The minimum absolute atomic E-state index is 0.104. The normalized spacial score (nSPS) is 14.0. The number of hydrogen-bond donors (Lipinski definition) is 2. The minimum atomic E-state index is -4.09. The highest BCUT2D eigenvalue weighted by Crippen LogP contribution is 2.23. The minimum Gasteiger partial charge on any atom is -0.459 e. The lowest BCUT2D eigenvalue weighted by atomic mass is 10.2. The fourth-order valence-electron chi connectivity index (χ4n) is 2.34. The Balaban J connectivity index is 1.81. The quantitative estimate of drug-likeness (QED) is 0.465. The third kappa shape index (κ3) is 5.47. The lowest BCUT2D eigenvalue weighted by Gasteiger charge is -2.16. The summed E-state index contributed by atoms with van der Waals surface area (Å²) in [4.78, 5) is 4.08. The van der Waals surface area contributed by atoms with Crippen molar-refractivity contribution in [3.05, 3.63) is 36.1 Å². The van der Waals surface area contributed by atoms with Crippen LogP contribution < -0.4 is 10.6 Å². The summed E-state index contributed by atoms with van der Waals surface area (Å²) in [6, 6.07) is 9.58. The van der Waals surface area contributed by atoms with E-state index in [4.69, 9.17) is 4.42 Å². The van der Waals surface area contributed by atoms with E-state index in [0.717, 1.165) is 16.7 Å². The molecule has 0 radical (unpaired) electrons. The molecule has 0 aliphatic heterocycles. The van der Waals surface area contributed by atoms with Crippen LogP contribution in [0.25, 0.3) is 11.0 Å². The molecule has 2 rings (SSSR count). The Morgan fingerprint density at radius 2 is 2.00 bits per heavy atom. The standard InChI is InChI=1S/C17H22F3N3O/c1-12(15-11-13-7-3-4-8-14(13)24-15)23-16(21-2)22-10-6-5-9-17(18,19)20/h3-4,7-8,11-12H,5-6,9-10H2,1-2H3,(H2,21,22,23). The predicted octanol–water partition coefficient (Wildman–Crippen LogP) is 4.39. The second-order valence-corrected chi connectivity index (χ2v) is 5.62. The average molecular weight is 341 g/mol. The molecule has 0 aliphatic rings. The number of alkyl halides is 3. The van der Waals surface area contributed by atoms with Gasteiger partial charge in [-0.3, -0.25) is 4.99 Å². The number of hydrogen-bond acceptors (Lipinski definition) is 2. The summed E-state index contributed by atoms with van der Waals surface area (Å²) < 4.78 is 42.1. The van der Waals surface area contributed by atoms with Gasteiger partial charge in [-0.1, -0.05) is 18.2 Å². The van der Waals surface area contributed by atoms with E-state index in [1.54, 1.807) is 7.05 Å². The van der Waals surface area contributed by atoms with Crippen LogP contribution in [-0.4, -0.2) is 25.7 Å². The van der Waals surface area contributed by atoms with Crippen molar-refractivity contribution in [2.45, 2.75) is 38.4 Å². The number of furan rings is 1. The van der Waals surface area contributed by atoms with E-state index in [0.29, 0.717) is 18.9 Å². The molecule has 2 N–H and O–H groups in total. The fourth-order valence-corrected chi connectivity index (χ4v) is 2.34. The second-order valence-electron chi connectivity index (χ2n) is 5.62. The van der Waals surface area contributed by atoms with Gasteiger partial charge in [0.2, 0.25) is 0 Å². The molecular weight excluding hydrogens is 319 g/mol. The summed E-state index contributed by atoms with van der Waals surface area (Å²) in [6.45, 7) is 2.37. The number of nitrogens with one attached hydrogen (secondary N) is 2. The first kappa shape index (κ1) is 18.2. The molecule has 0 fully saturated rings. The van der Waals surface area contributed by atoms with Crippen LogP contribution in [0.1, 0.15) is 38.0 Å². The molecule has 0 saturated carbocycles. The van der Waals surface area contributed by atoms with E-state index in [9.17, 15) is 13.2 Å². The van der Waals surface area contributed by atoms with Crippen LogP contribution in [0.3, 0.4) is 0 Å². The number of guanidine groups is 1. The highest BCUT2D eigenvalue weighted by Gasteiger charge is 2.25. The smallest absolute Gasteiger partial charge is 0.389 e. The van der Waals surface area contributed by atoms with Gasteiger partial charge in [0.15, 0.2) is 5.96 Å². The lowest BCUT2D eigenvalue weighted by molar-refractivity contribution is -0.135. The molecule has 132 valence electrons. The van der Waals surface area contributed by atoms with Gasteiger partial charge in [0.1, 0.15) is 11.3 Å². The molecule has 24 heavy (non-hydrogen) atoms. The predicted molar refractivity (Wildman–Crippen MR) is 89.0 cm³/mol. The van der Waals surface area contributed by atoms with Crippen molar-refractivity contribution in [2.75, 3.05) is 13.6 Å². The number of rotatable bonds is 6. The van der Waals surface area contributed by atoms with Gasteiger partial charge in [-0.05, 0) is 31.9 Å². The zero-order valence-corrected chi connectivity index (χ0v) is 13.8. The average Bonchev–Trinajstić information content (AvgIpc) is 2.96. The van der Waals surface area contributed by atoms with Gasteiger partial charge in [-0.25, -0.2) is 0 Å². The van der Waals surface area contributed by atoms with E-state index in [2.05, 4.69) is 15.6 Å². The molecule has 1 atom stereocenters. The largest absolute Gasteiger partial charge is 0.459 e. The van der Waals surface area contributed by atoms with Crippen molar-refractivity contribution in [2.24, 2.45) is 4.99 Å². The molecule has 0 saturated heterocycles. The van der Waals surface area contributed by atoms with E-state index < -0.39 is 12.6 Å². The maximum Gasteiger partial charge on any atom is 0.389 e. The summed E-state index contributed by atoms with van der Waals surface area (Å²) >= 11 is 0. The van der Waals surface area contributed by atoms with E-state index in [1.165, 1.54) is 0 Å². The summed E-state index contributed by atoms with van der Waals surface area (Å²) in [5.41, 5.74) is 0.816. The van der Waals surface area contributed by atoms with Gasteiger partial charge in [-0.2, -0.15) is 13.2 Å². The first-order valence-corrected chi connectivity index (χ1v) is 7.91. The van der Waals surface area contributed by atoms with E-state index in [1.807, 2.05) is 37.3 Å². The molecule has 1 aromatic carbocycles. The van der Waals surface area contributed by atoms with Crippen LogP contribution >= 0.6 is 0 Å². The molecule has 0 amide bonds. The Labute approximate surface area is 139 Å². The van der Waals surface area contributed by atoms with Crippen molar-refractivity contribution < 1.29 is 17.6 Å². The van der Waals surface area contributed by atoms with Crippen molar-refractivity contribution >= 4 is 16.9 Å². The summed E-state index contributed by atoms with van der Waals surface area (Å²) in [5.74, 6) is 1.31. The van der Waals surface area contributed by atoms with Crippen LogP contribution in [0.15, 0.2) is 39.7 Å². The van der Waals surface area contributed by atoms with E-state index >= 15 is 0 Å². The van der Waals surface area contributed by atoms with Gasteiger partial charge in [0.25, 0.3) is 0 Å². The van der Waals surface area contributed by atoms with Gasteiger partial charge in [0, 0.05) is 25.4 Å². The number of halogens is 3. The van der Waals surface area contributed by atoms with Crippen molar-refractivity contribution in [1.29, 1.82) is 0 Å². The molecule has 1 unspecified atom stereocenters. The zero-order valence-electron chi connectivity index (χ0n) is 13.8. The first-order valence-electron chi connectivity index (χ1n) is 7.91. The number of unbranched alkanes of at least 4 members (excludes halogenated alkanes) is 1. The summed E-state index contributed by atoms with van der Waals surface area (Å²) in [6.07, 6.45) is -4.31. The topological polar surface area (TPSA) is 49.6 Å². The Hall–Kier alpha value is -2.18. The van der Waals surface area contributed by atoms with Crippen LogP contribution in [0.2, 0.25) is 0 Å². The van der Waals surface area contributed by atoms with Crippen LogP contribution in [0.4, 0.5) is 13.2 Å². The van der Waals surface area contributed by atoms with Crippen molar-refractivity contribution in [3.63, 3.8) is 0 Å². The third-order valence-electron chi connectivity index (χ3n) is 3.63. The van der Waals surface area contributed by atoms with Crippen LogP contribution in [0.5, 0.6) is 0 Å². The molecule has 2 aromatic rings. The summed E-state index contributed by atoms with van der Waals surface area (Å²) in [7, 11) is 1.62. The number of fused-ring (bicyclic) bond motifs is 1. The third-order valence-corrected chi connectivity index (χ3v) is 3.63. The summed E-state index contributed by atoms with van der Waals surface area (Å²) in [5, 5.41) is 7.22. The van der Waals surface area contributed by atoms with Crippen molar-refractivity contribution in [1.82, 2.24) is 10.6 Å². The number of para-hydroxylation sites is 1. The Kier molecular flexibility index (Phi) is 6.11. The molecule has 1 heterocycles. The monoisotopic (exact) mass is 341 g/mol. The van der Waals surface area contributed by atoms with Gasteiger partial charge in [0.05, 0.1) is 6.04 Å². The number of aliphatic imine (C=N–C) groups is 1. The molecule has 7 heteroatoms. The highest BCUT2D eigenvalue weighted by atomic mass is 19.4. The molecule has 0 bridgehead atoms. The van der Waals surface area contributed by atoms with Gasteiger partial charge in [-0.15, -0.1) is 0 Å². The Morgan fingerprint density at radius 3 is 2.67 bits per heavy atom. The number of nitrogens with zero attached hydrogens (tertiary/aromatic N) is 1. The Morgan fingerprint density at radius 1 is 1.25 bits per heavy atom. The lowest BCUT2D eigenvalue weighted by Crippen LogP contribution is -2.39. The molecule has 1 aromatic heterocycles. The highest BCUT2D eigenvalue weighted by molar-refractivity contribution is 5.81. The van der Waals surface area contributed by atoms with Gasteiger partial charge < -0.3 is 15.1 Å². The zero-order chi connectivity index (χ0) is 17.6. The van der Waals surface area contributed by atoms with Crippen molar-refractivity contribution in [3.8, 4) is 0 Å². The maximum absolute atomic E-state index is 12.1. The second kappa shape index (κ2) is 8.08. The Bertz CT molecular complexity index is 646. The van der Waals surface area contributed by atoms with E-state index in [-0.39, 0.29) is 12.5 Å². The van der Waals surface area contributed by atoms with Crippen LogP contribution in [-0.2, 0) is 0 Å². The van der Waals surface area contributed by atoms with Gasteiger partial charge >= 0.3 is 6.18 Å². The molecule has 0 aliphatic carbocycles. The SMILES string of the molecule is CN=C(NCCCCC(F)(F)F)NC(C)c1cc2ccccc2o1. The first-order chi connectivity index (χ1) is 11.4.